The SMILES string of the molecule is Cc1cccc(CC2(NC(=O)C3CC34CC4)CC2)c1. The predicted octanol–water partition coefficient (Wildman–Crippen LogP) is 2.99. The lowest BCUT2D eigenvalue weighted by Crippen LogP contribution is -2.39. The minimum Gasteiger partial charge on any atom is -0.350 e. The largest absolute Gasteiger partial charge is 0.350 e. The summed E-state index contributed by atoms with van der Waals surface area (Å²) < 4.78 is 0. The molecule has 3 aliphatic carbocycles. The van der Waals surface area contributed by atoms with E-state index in [2.05, 4.69) is 36.5 Å². The highest BCUT2D eigenvalue weighted by molar-refractivity contribution is 5.84. The number of benzene rings is 1. The Morgan fingerprint density at radius 2 is 2.11 bits per heavy atom. The Kier molecular flexibility index (Phi) is 2.19. The van der Waals surface area contributed by atoms with Crippen molar-refractivity contribution in [1.82, 2.24) is 5.32 Å². The Labute approximate surface area is 114 Å². The molecule has 1 spiro atoms. The molecule has 2 nitrogen and oxygen atoms in total. The van der Waals surface area contributed by atoms with Crippen LogP contribution >= 0.6 is 0 Å². The van der Waals surface area contributed by atoms with Gasteiger partial charge in [0.15, 0.2) is 0 Å². The average molecular weight is 255 g/mol. The third-order valence-electron chi connectivity index (χ3n) is 5.27. The van der Waals surface area contributed by atoms with Gasteiger partial charge >= 0.3 is 0 Å². The lowest BCUT2D eigenvalue weighted by atomic mass is 10.0. The van der Waals surface area contributed by atoms with Crippen LogP contribution in [-0.2, 0) is 11.2 Å². The standard InChI is InChI=1S/C17H21NO/c1-12-3-2-4-13(9-12)10-17(7-8-17)18-15(19)14-11-16(14)5-6-16/h2-4,9,14H,5-8,10-11H2,1H3,(H,18,19). The van der Waals surface area contributed by atoms with Crippen LogP contribution in [-0.4, -0.2) is 11.4 Å². The molecular weight excluding hydrogens is 234 g/mol. The number of aryl methyl sites for hydroxylation is 1. The molecule has 0 bridgehead atoms. The van der Waals surface area contributed by atoms with Crippen LogP contribution in [0.1, 0.15) is 43.2 Å². The predicted molar refractivity (Wildman–Crippen MR) is 74.8 cm³/mol. The molecule has 1 unspecified atom stereocenters. The molecule has 3 aliphatic rings. The molecule has 0 saturated heterocycles. The molecule has 4 rings (SSSR count). The van der Waals surface area contributed by atoms with E-state index in [0.29, 0.717) is 17.2 Å². The zero-order valence-corrected chi connectivity index (χ0v) is 11.5. The zero-order valence-electron chi connectivity index (χ0n) is 11.5. The molecular formula is C17H21NO. The van der Waals surface area contributed by atoms with Gasteiger partial charge in [0, 0.05) is 11.5 Å². The number of hydrogen-bond acceptors (Lipinski definition) is 1. The second kappa shape index (κ2) is 3.62. The minimum atomic E-state index is 0.0869. The van der Waals surface area contributed by atoms with Gasteiger partial charge in [0.1, 0.15) is 0 Å². The number of carbonyl (C=O) groups excluding carboxylic acids is 1. The Hall–Kier alpha value is -1.31. The summed E-state index contributed by atoms with van der Waals surface area (Å²) in [5.74, 6) is 0.685. The molecule has 3 fully saturated rings. The van der Waals surface area contributed by atoms with Crippen LogP contribution in [0, 0.1) is 18.3 Å². The van der Waals surface area contributed by atoms with Gasteiger partial charge in [-0.15, -0.1) is 0 Å². The minimum absolute atomic E-state index is 0.0869. The molecule has 1 N–H and O–H groups in total. The first kappa shape index (κ1) is 11.5. The van der Waals surface area contributed by atoms with Crippen molar-refractivity contribution < 1.29 is 4.79 Å². The van der Waals surface area contributed by atoms with Crippen molar-refractivity contribution in [2.24, 2.45) is 11.3 Å². The number of hydrogen-bond donors (Lipinski definition) is 1. The van der Waals surface area contributed by atoms with E-state index in [9.17, 15) is 4.79 Å². The second-order valence-electron chi connectivity index (χ2n) is 7.05. The fourth-order valence-corrected chi connectivity index (χ4v) is 3.49. The van der Waals surface area contributed by atoms with E-state index in [-0.39, 0.29) is 5.54 Å². The summed E-state index contributed by atoms with van der Waals surface area (Å²) in [5, 5.41) is 3.35. The van der Waals surface area contributed by atoms with Crippen molar-refractivity contribution in [2.75, 3.05) is 0 Å². The summed E-state index contributed by atoms with van der Waals surface area (Å²) in [6.45, 7) is 2.13. The van der Waals surface area contributed by atoms with Gasteiger partial charge < -0.3 is 5.32 Å². The van der Waals surface area contributed by atoms with Gasteiger partial charge in [-0.2, -0.15) is 0 Å². The molecule has 0 radical (unpaired) electrons. The maximum absolute atomic E-state index is 12.3. The van der Waals surface area contributed by atoms with Crippen molar-refractivity contribution in [3.8, 4) is 0 Å². The smallest absolute Gasteiger partial charge is 0.224 e. The van der Waals surface area contributed by atoms with Gasteiger partial charge in [-0.25, -0.2) is 0 Å². The summed E-state index contributed by atoms with van der Waals surface area (Å²) in [6.07, 6.45) is 7.02. The monoisotopic (exact) mass is 255 g/mol. The van der Waals surface area contributed by atoms with Gasteiger partial charge in [0.2, 0.25) is 5.91 Å². The van der Waals surface area contributed by atoms with Crippen molar-refractivity contribution in [3.63, 3.8) is 0 Å². The first-order valence-corrected chi connectivity index (χ1v) is 7.49. The molecule has 2 heteroatoms. The molecule has 19 heavy (non-hydrogen) atoms. The number of carbonyl (C=O) groups is 1. The summed E-state index contributed by atoms with van der Waals surface area (Å²) >= 11 is 0. The second-order valence-corrected chi connectivity index (χ2v) is 7.05. The molecule has 1 atom stereocenters. The first-order valence-electron chi connectivity index (χ1n) is 7.49. The summed E-state index contributed by atoms with van der Waals surface area (Å²) in [5.41, 5.74) is 3.22. The normalized spacial score (nSPS) is 27.9. The maximum atomic E-state index is 12.3. The highest BCUT2D eigenvalue weighted by Gasteiger charge is 2.66. The zero-order chi connectivity index (χ0) is 13.1. The number of nitrogens with one attached hydrogen (secondary N) is 1. The molecule has 3 saturated carbocycles. The van der Waals surface area contributed by atoms with E-state index in [1.54, 1.807) is 0 Å². The van der Waals surface area contributed by atoms with E-state index < -0.39 is 0 Å². The van der Waals surface area contributed by atoms with Crippen LogP contribution in [0.3, 0.4) is 0 Å². The van der Waals surface area contributed by atoms with Crippen LogP contribution < -0.4 is 5.32 Å². The molecule has 0 aliphatic heterocycles. The van der Waals surface area contributed by atoms with Crippen LogP contribution in [0.5, 0.6) is 0 Å². The van der Waals surface area contributed by atoms with E-state index in [0.717, 1.165) is 25.7 Å². The Bertz CT molecular complexity index is 540. The Morgan fingerprint density at radius 1 is 1.32 bits per heavy atom. The first-order chi connectivity index (χ1) is 9.11. The fraction of sp³-hybridized carbons (Fsp3) is 0.588. The fourth-order valence-electron chi connectivity index (χ4n) is 3.49. The lowest BCUT2D eigenvalue weighted by Gasteiger charge is -2.18. The topological polar surface area (TPSA) is 29.1 Å². The summed E-state index contributed by atoms with van der Waals surface area (Å²) in [6, 6.07) is 8.66. The lowest BCUT2D eigenvalue weighted by molar-refractivity contribution is -0.123. The molecule has 0 heterocycles. The maximum Gasteiger partial charge on any atom is 0.224 e. The molecule has 1 amide bonds. The van der Waals surface area contributed by atoms with Gasteiger partial charge in [-0.3, -0.25) is 4.79 Å². The molecule has 0 aromatic heterocycles. The molecule has 1 aromatic carbocycles. The highest BCUT2D eigenvalue weighted by Crippen LogP contribution is 2.70. The van der Waals surface area contributed by atoms with Crippen LogP contribution in [0.2, 0.25) is 0 Å². The number of amides is 1. The van der Waals surface area contributed by atoms with Crippen LogP contribution in [0.4, 0.5) is 0 Å². The summed E-state index contributed by atoms with van der Waals surface area (Å²) in [7, 11) is 0. The third kappa shape index (κ3) is 2.07. The average Bonchev–Trinajstić information content (AvgIpc) is 3.24. The van der Waals surface area contributed by atoms with Crippen LogP contribution in [0.25, 0.3) is 0 Å². The summed E-state index contributed by atoms with van der Waals surface area (Å²) in [4.78, 5) is 12.3. The highest BCUT2D eigenvalue weighted by atomic mass is 16.2. The quantitative estimate of drug-likeness (QED) is 0.880. The van der Waals surface area contributed by atoms with E-state index in [4.69, 9.17) is 0 Å². The van der Waals surface area contributed by atoms with Gasteiger partial charge in [-0.1, -0.05) is 29.8 Å². The van der Waals surface area contributed by atoms with E-state index in [1.165, 1.54) is 24.0 Å². The van der Waals surface area contributed by atoms with Crippen LogP contribution in [0.15, 0.2) is 24.3 Å². The third-order valence-corrected chi connectivity index (χ3v) is 5.27. The molecule has 1 aromatic rings. The van der Waals surface area contributed by atoms with Gasteiger partial charge in [0.05, 0.1) is 0 Å². The number of rotatable bonds is 4. The Morgan fingerprint density at radius 3 is 2.68 bits per heavy atom. The van der Waals surface area contributed by atoms with Crippen molar-refractivity contribution in [1.29, 1.82) is 0 Å². The van der Waals surface area contributed by atoms with Crippen molar-refractivity contribution >= 4 is 5.91 Å². The van der Waals surface area contributed by atoms with Crippen molar-refractivity contribution in [3.05, 3.63) is 35.4 Å². The van der Waals surface area contributed by atoms with E-state index in [1.807, 2.05) is 0 Å². The van der Waals surface area contributed by atoms with Gasteiger partial charge in [-0.05, 0) is 56.4 Å². The van der Waals surface area contributed by atoms with E-state index >= 15 is 0 Å². The Balaban J connectivity index is 1.41. The van der Waals surface area contributed by atoms with Gasteiger partial charge in [0.25, 0.3) is 0 Å². The van der Waals surface area contributed by atoms with Crippen molar-refractivity contribution in [2.45, 2.75) is 51.0 Å². The molecule has 100 valence electrons.